The van der Waals surface area contributed by atoms with E-state index in [0.717, 1.165) is 11.5 Å². The van der Waals surface area contributed by atoms with Gasteiger partial charge in [-0.2, -0.15) is 9.36 Å². The minimum Gasteiger partial charge on any atom is -0.457 e. The number of nitro benzene ring substituents is 1. The molecule has 2 aliphatic heterocycles. The number of β-lactam (4-membered cyclic amide) rings is 1. The molecule has 3 N–H and O–H groups in total. The van der Waals surface area contributed by atoms with Gasteiger partial charge in [-0.1, -0.05) is 5.16 Å². The molecular formula is C19H17N7O7S2. The van der Waals surface area contributed by atoms with Crippen LogP contribution < -0.4 is 11.1 Å². The number of fused-ring (bicyclic) bond motifs is 1. The molecule has 2 aromatic rings. The van der Waals surface area contributed by atoms with Gasteiger partial charge in [-0.15, -0.1) is 11.8 Å². The zero-order chi connectivity index (χ0) is 25.1. The molecule has 1 fully saturated rings. The minimum atomic E-state index is -0.848. The van der Waals surface area contributed by atoms with Crippen molar-refractivity contribution in [2.24, 2.45) is 5.16 Å². The molecule has 0 spiro atoms. The first-order chi connectivity index (χ1) is 16.8. The van der Waals surface area contributed by atoms with Crippen LogP contribution in [0.4, 0.5) is 10.8 Å². The molecule has 1 unspecified atom stereocenters. The Hall–Kier alpha value is -4.05. The number of nitrogens with zero attached hydrogens (tertiary/aromatic N) is 5. The largest absolute Gasteiger partial charge is 0.457 e. The molecule has 1 saturated heterocycles. The van der Waals surface area contributed by atoms with Gasteiger partial charge in [0.25, 0.3) is 17.5 Å². The first-order valence-corrected chi connectivity index (χ1v) is 11.7. The third-order valence-electron chi connectivity index (χ3n) is 4.90. The second-order valence-corrected chi connectivity index (χ2v) is 9.02. The fourth-order valence-corrected chi connectivity index (χ4v) is 4.88. The Labute approximate surface area is 205 Å². The number of carbonyl (C=O) groups is 3. The summed E-state index contributed by atoms with van der Waals surface area (Å²) in [4.78, 5) is 57.9. The lowest BCUT2D eigenvalue weighted by atomic mass is 10.1. The summed E-state index contributed by atoms with van der Waals surface area (Å²) in [6.45, 7) is -0.0777. The molecule has 14 nitrogen and oxygen atoms in total. The maximum Gasteiger partial charge on any atom is 0.336 e. The van der Waals surface area contributed by atoms with Crippen LogP contribution in [0.5, 0.6) is 0 Å². The maximum absolute atomic E-state index is 12.7. The number of oxime groups is 1. The minimum absolute atomic E-state index is 0.0234. The number of aromatic nitrogens is 2. The molecule has 1 aromatic carbocycles. The Morgan fingerprint density at radius 3 is 2.74 bits per heavy atom. The Morgan fingerprint density at radius 1 is 1.37 bits per heavy atom. The highest BCUT2D eigenvalue weighted by Crippen LogP contribution is 2.36. The molecule has 0 bridgehead atoms. The van der Waals surface area contributed by atoms with Crippen LogP contribution >= 0.6 is 23.3 Å². The number of nitro groups is 1. The second-order valence-electron chi connectivity index (χ2n) is 7.13. The van der Waals surface area contributed by atoms with E-state index < -0.39 is 34.1 Å². The highest BCUT2D eigenvalue weighted by molar-refractivity contribution is 8.00. The fourth-order valence-electron chi connectivity index (χ4n) is 3.20. The Morgan fingerprint density at radius 2 is 2.11 bits per heavy atom. The van der Waals surface area contributed by atoms with Gasteiger partial charge in [0.15, 0.2) is 5.13 Å². The normalized spacial score (nSPS) is 19.2. The monoisotopic (exact) mass is 519 g/mol. The van der Waals surface area contributed by atoms with Gasteiger partial charge in [-0.3, -0.25) is 19.7 Å². The maximum atomic E-state index is 12.7. The number of esters is 1. The number of amides is 2. The zero-order valence-corrected chi connectivity index (χ0v) is 19.6. The van der Waals surface area contributed by atoms with Gasteiger partial charge in [-0.05, 0) is 17.7 Å². The van der Waals surface area contributed by atoms with E-state index in [1.165, 1.54) is 54.2 Å². The Balaban J connectivity index is 1.35. The highest BCUT2D eigenvalue weighted by atomic mass is 32.2. The van der Waals surface area contributed by atoms with Gasteiger partial charge >= 0.3 is 5.97 Å². The van der Waals surface area contributed by atoms with Crippen molar-refractivity contribution in [2.75, 3.05) is 18.6 Å². The highest BCUT2D eigenvalue weighted by Gasteiger charge is 2.50. The lowest BCUT2D eigenvalue weighted by Gasteiger charge is -2.47. The van der Waals surface area contributed by atoms with Gasteiger partial charge in [0.1, 0.15) is 25.1 Å². The lowest BCUT2D eigenvalue weighted by Crippen LogP contribution is -2.69. The average molecular weight is 520 g/mol. The van der Waals surface area contributed by atoms with Crippen molar-refractivity contribution < 1.29 is 28.9 Å². The smallest absolute Gasteiger partial charge is 0.336 e. The molecule has 2 atom stereocenters. The van der Waals surface area contributed by atoms with E-state index in [4.69, 9.17) is 10.5 Å². The van der Waals surface area contributed by atoms with Crippen LogP contribution in [0.1, 0.15) is 11.4 Å². The van der Waals surface area contributed by atoms with E-state index in [9.17, 15) is 24.5 Å². The molecule has 3 heterocycles. The molecule has 16 heteroatoms. The number of nitrogens with one attached hydrogen (secondary N) is 1. The van der Waals surface area contributed by atoms with Gasteiger partial charge in [0, 0.05) is 35.6 Å². The van der Waals surface area contributed by atoms with Crippen LogP contribution in [0.3, 0.4) is 0 Å². The van der Waals surface area contributed by atoms with Crippen LogP contribution in [-0.4, -0.2) is 67.0 Å². The number of non-ortho nitro benzene ring substituents is 1. The summed E-state index contributed by atoms with van der Waals surface area (Å²) in [6, 6.07) is 4.78. The average Bonchev–Trinajstić information content (AvgIpc) is 3.29. The number of thioether (sulfide) groups is 1. The van der Waals surface area contributed by atoms with Crippen LogP contribution in [0.2, 0.25) is 0 Å². The first kappa shape index (κ1) is 24.1. The van der Waals surface area contributed by atoms with Gasteiger partial charge in [0.2, 0.25) is 11.5 Å². The number of ether oxygens (including phenoxy) is 1. The molecule has 182 valence electrons. The number of nitrogen functional groups attached to an aromatic ring is 1. The number of hydrogen-bond donors (Lipinski definition) is 2. The van der Waals surface area contributed by atoms with E-state index in [0.29, 0.717) is 5.56 Å². The van der Waals surface area contributed by atoms with Crippen LogP contribution in [0, 0.1) is 10.1 Å². The van der Waals surface area contributed by atoms with Crippen molar-refractivity contribution in [3.8, 4) is 0 Å². The van der Waals surface area contributed by atoms with Crippen LogP contribution in [0.15, 0.2) is 41.2 Å². The summed E-state index contributed by atoms with van der Waals surface area (Å²) >= 11 is 2.16. The summed E-state index contributed by atoms with van der Waals surface area (Å²) in [6.07, 6.45) is 1.40. The quantitative estimate of drug-likeness (QED) is 0.161. The zero-order valence-electron chi connectivity index (χ0n) is 17.9. The van der Waals surface area contributed by atoms with E-state index in [2.05, 4.69) is 24.7 Å². The summed E-state index contributed by atoms with van der Waals surface area (Å²) in [5.74, 6) is -1.51. The molecular weight excluding hydrogens is 502 g/mol. The lowest BCUT2D eigenvalue weighted by molar-refractivity contribution is -0.384. The topological polar surface area (TPSA) is 192 Å². The predicted molar refractivity (Wildman–Crippen MR) is 124 cm³/mol. The number of rotatable bonds is 8. The number of hydrogen-bond acceptors (Lipinski definition) is 13. The Bertz CT molecular complexity index is 1240. The molecule has 0 aliphatic carbocycles. The molecule has 0 radical (unpaired) electrons. The second kappa shape index (κ2) is 10.1. The third-order valence-corrected chi connectivity index (χ3v) is 6.76. The van der Waals surface area contributed by atoms with E-state index in [1.807, 2.05) is 0 Å². The van der Waals surface area contributed by atoms with Crippen molar-refractivity contribution in [3.63, 3.8) is 0 Å². The number of nitrogens with two attached hydrogens (primary N) is 1. The summed E-state index contributed by atoms with van der Waals surface area (Å²) in [5.41, 5.74) is 6.12. The van der Waals surface area contributed by atoms with Gasteiger partial charge < -0.3 is 25.5 Å². The molecule has 2 aliphatic rings. The third kappa shape index (κ3) is 5.07. The molecule has 2 amide bonds. The molecule has 0 saturated carbocycles. The number of benzene rings is 1. The summed E-state index contributed by atoms with van der Waals surface area (Å²) in [5, 5.41) is 16.7. The molecule has 35 heavy (non-hydrogen) atoms. The predicted octanol–water partition coefficient (Wildman–Crippen LogP) is 0.406. The van der Waals surface area contributed by atoms with Crippen molar-refractivity contribution in [1.82, 2.24) is 19.6 Å². The summed E-state index contributed by atoms with van der Waals surface area (Å²) in [7, 11) is 1.25. The first-order valence-electron chi connectivity index (χ1n) is 9.85. The summed E-state index contributed by atoms with van der Waals surface area (Å²) < 4.78 is 9.19. The van der Waals surface area contributed by atoms with Crippen molar-refractivity contribution in [1.29, 1.82) is 0 Å². The van der Waals surface area contributed by atoms with Gasteiger partial charge in [0.05, 0.1) is 10.5 Å². The van der Waals surface area contributed by atoms with E-state index in [-0.39, 0.29) is 40.3 Å². The van der Waals surface area contributed by atoms with Crippen molar-refractivity contribution in [2.45, 2.75) is 18.0 Å². The molecule has 4 rings (SSSR count). The SMILES string of the molecule is CON=C(C(=O)NC1C(=O)N2C=C(C(=O)OCc3ccc([N+](=O)[O-])cc3)CS[C@H]12)c1nsc(N)n1. The van der Waals surface area contributed by atoms with Crippen molar-refractivity contribution in [3.05, 3.63) is 57.5 Å². The van der Waals surface area contributed by atoms with Crippen LogP contribution in [-0.2, 0) is 30.6 Å². The van der Waals surface area contributed by atoms with Crippen molar-refractivity contribution >= 4 is 57.6 Å². The van der Waals surface area contributed by atoms with E-state index in [1.54, 1.807) is 0 Å². The number of anilines is 1. The number of carbonyl (C=O) groups excluding carboxylic acids is 3. The molecule has 1 aromatic heterocycles. The fraction of sp³-hybridized carbons (Fsp3) is 0.263. The van der Waals surface area contributed by atoms with Gasteiger partial charge in [-0.25, -0.2) is 4.79 Å². The van der Waals surface area contributed by atoms with Crippen LogP contribution in [0.25, 0.3) is 0 Å². The standard InChI is InChI=1S/C19H17N7O7S2/c1-32-23-12(14-22-19(20)35-24-14)15(27)21-13-16(28)25-6-10(8-34-17(13)25)18(29)33-7-9-2-4-11(5-3-9)26(30)31/h2-6,13,17H,7-8H2,1H3,(H,21,27)(H2,20,22,24)/t13?,17-/m1/s1. The van der Waals surface area contributed by atoms with E-state index >= 15 is 0 Å². The Kier molecular flexibility index (Phi) is 6.92.